The normalized spacial score (nSPS) is 29.0. The first-order valence-corrected chi connectivity index (χ1v) is 5.26. The van der Waals surface area contributed by atoms with Gasteiger partial charge in [-0.1, -0.05) is 0 Å². The van der Waals surface area contributed by atoms with Crippen molar-refractivity contribution in [1.82, 2.24) is 5.32 Å². The highest BCUT2D eigenvalue weighted by atomic mass is 19.4. The van der Waals surface area contributed by atoms with E-state index >= 15 is 0 Å². The predicted molar refractivity (Wildman–Crippen MR) is 53.7 cm³/mol. The summed E-state index contributed by atoms with van der Waals surface area (Å²) in [7, 11) is 0. The molecule has 0 aliphatic carbocycles. The standard InChI is InChI=1S/C10H16F3NO3/c1-8(2)5-9(7(15)16,3-4-17-8)14-6-10(11,12)13/h14H,3-6H2,1-2H3,(H,15,16). The first kappa shape index (κ1) is 14.2. The van der Waals surface area contributed by atoms with Crippen LogP contribution in [-0.4, -0.2) is 41.5 Å². The maximum atomic E-state index is 12.1. The summed E-state index contributed by atoms with van der Waals surface area (Å²) in [6, 6.07) is 0. The van der Waals surface area contributed by atoms with E-state index in [2.05, 4.69) is 5.32 Å². The number of halogens is 3. The van der Waals surface area contributed by atoms with Gasteiger partial charge in [-0.15, -0.1) is 0 Å². The van der Waals surface area contributed by atoms with Gasteiger partial charge in [0.2, 0.25) is 0 Å². The highest BCUT2D eigenvalue weighted by Crippen LogP contribution is 2.33. The van der Waals surface area contributed by atoms with Crippen molar-refractivity contribution in [2.24, 2.45) is 0 Å². The van der Waals surface area contributed by atoms with Crippen molar-refractivity contribution >= 4 is 5.97 Å². The molecule has 0 aromatic carbocycles. The zero-order valence-electron chi connectivity index (χ0n) is 9.73. The van der Waals surface area contributed by atoms with Crippen LogP contribution in [0.2, 0.25) is 0 Å². The van der Waals surface area contributed by atoms with E-state index in [1.165, 1.54) is 0 Å². The maximum Gasteiger partial charge on any atom is 0.401 e. The summed E-state index contributed by atoms with van der Waals surface area (Å²) in [6.45, 7) is 2.15. The summed E-state index contributed by atoms with van der Waals surface area (Å²) in [4.78, 5) is 11.2. The molecule has 0 aromatic heterocycles. The monoisotopic (exact) mass is 255 g/mol. The van der Waals surface area contributed by atoms with Gasteiger partial charge < -0.3 is 9.84 Å². The number of nitrogens with one attached hydrogen (secondary N) is 1. The lowest BCUT2D eigenvalue weighted by Crippen LogP contribution is -2.61. The number of alkyl halides is 3. The van der Waals surface area contributed by atoms with Crippen LogP contribution in [-0.2, 0) is 9.53 Å². The van der Waals surface area contributed by atoms with Gasteiger partial charge in [0.25, 0.3) is 0 Å². The summed E-state index contributed by atoms with van der Waals surface area (Å²) in [5, 5.41) is 11.3. The molecule has 0 aromatic rings. The summed E-state index contributed by atoms with van der Waals surface area (Å²) in [6.07, 6.45) is -4.39. The van der Waals surface area contributed by atoms with Gasteiger partial charge >= 0.3 is 12.1 Å². The Hall–Kier alpha value is -0.820. The average Bonchev–Trinajstić information content (AvgIpc) is 2.12. The van der Waals surface area contributed by atoms with Gasteiger partial charge in [0.1, 0.15) is 5.54 Å². The van der Waals surface area contributed by atoms with E-state index in [4.69, 9.17) is 9.84 Å². The molecule has 4 nitrogen and oxygen atoms in total. The van der Waals surface area contributed by atoms with E-state index in [9.17, 15) is 18.0 Å². The Morgan fingerprint density at radius 1 is 1.47 bits per heavy atom. The fourth-order valence-electron chi connectivity index (χ4n) is 2.05. The lowest BCUT2D eigenvalue weighted by Gasteiger charge is -2.42. The molecule has 0 saturated carbocycles. The summed E-state index contributed by atoms with van der Waals surface area (Å²) < 4.78 is 41.8. The molecule has 1 saturated heterocycles. The number of carboxylic acid groups (broad SMARTS) is 1. The first-order valence-electron chi connectivity index (χ1n) is 5.26. The van der Waals surface area contributed by atoms with Crippen LogP contribution in [0.3, 0.4) is 0 Å². The Morgan fingerprint density at radius 3 is 2.47 bits per heavy atom. The number of carbonyl (C=O) groups is 1. The molecular weight excluding hydrogens is 239 g/mol. The second-order valence-electron chi connectivity index (χ2n) is 4.89. The molecule has 7 heteroatoms. The Balaban J connectivity index is 2.79. The van der Waals surface area contributed by atoms with Crippen LogP contribution in [0.15, 0.2) is 0 Å². The van der Waals surface area contributed by atoms with Gasteiger partial charge in [0, 0.05) is 13.0 Å². The number of ether oxygens (including phenoxy) is 1. The van der Waals surface area contributed by atoms with Gasteiger partial charge in [0.05, 0.1) is 12.1 Å². The highest BCUT2D eigenvalue weighted by molar-refractivity contribution is 5.79. The lowest BCUT2D eigenvalue weighted by molar-refractivity contribution is -0.165. The zero-order chi connectivity index (χ0) is 13.3. The quantitative estimate of drug-likeness (QED) is 0.803. The Morgan fingerprint density at radius 2 is 2.06 bits per heavy atom. The van der Waals surface area contributed by atoms with E-state index in [-0.39, 0.29) is 19.4 Å². The zero-order valence-corrected chi connectivity index (χ0v) is 9.73. The molecule has 0 radical (unpaired) electrons. The van der Waals surface area contributed by atoms with Crippen molar-refractivity contribution in [3.05, 3.63) is 0 Å². The molecule has 1 fully saturated rings. The van der Waals surface area contributed by atoms with Crippen LogP contribution in [0.4, 0.5) is 13.2 Å². The molecule has 1 heterocycles. The Kier molecular flexibility index (Phi) is 3.73. The fraction of sp³-hybridized carbons (Fsp3) is 0.900. The molecular formula is C10H16F3NO3. The number of carboxylic acids is 1. The fourth-order valence-corrected chi connectivity index (χ4v) is 2.05. The molecule has 0 bridgehead atoms. The molecule has 100 valence electrons. The molecule has 1 unspecified atom stereocenters. The molecule has 17 heavy (non-hydrogen) atoms. The molecule has 0 amide bonds. The largest absolute Gasteiger partial charge is 0.480 e. The van der Waals surface area contributed by atoms with Crippen molar-refractivity contribution < 1.29 is 27.8 Å². The highest BCUT2D eigenvalue weighted by Gasteiger charge is 2.48. The summed E-state index contributed by atoms with van der Waals surface area (Å²) in [5.74, 6) is -1.27. The van der Waals surface area contributed by atoms with E-state index in [1.807, 2.05) is 0 Å². The number of aliphatic carboxylic acids is 1. The topological polar surface area (TPSA) is 58.6 Å². The molecule has 1 atom stereocenters. The van der Waals surface area contributed by atoms with Crippen molar-refractivity contribution in [2.75, 3.05) is 13.2 Å². The smallest absolute Gasteiger partial charge is 0.401 e. The SMILES string of the molecule is CC1(C)CC(NCC(F)(F)F)(C(=O)O)CCO1. The molecule has 1 rings (SSSR count). The first-order chi connectivity index (χ1) is 7.56. The molecule has 2 N–H and O–H groups in total. The van der Waals surface area contributed by atoms with Crippen LogP contribution in [0.5, 0.6) is 0 Å². The van der Waals surface area contributed by atoms with Gasteiger partial charge in [-0.25, -0.2) is 0 Å². The number of hydrogen-bond donors (Lipinski definition) is 2. The Labute approximate surface area is 97.1 Å². The van der Waals surface area contributed by atoms with Crippen molar-refractivity contribution in [2.45, 2.75) is 44.0 Å². The number of rotatable bonds is 3. The van der Waals surface area contributed by atoms with Gasteiger partial charge in [-0.3, -0.25) is 10.1 Å². The minimum atomic E-state index is -4.43. The minimum Gasteiger partial charge on any atom is -0.480 e. The number of hydrogen-bond acceptors (Lipinski definition) is 3. The van der Waals surface area contributed by atoms with Crippen LogP contribution >= 0.6 is 0 Å². The van der Waals surface area contributed by atoms with Gasteiger partial charge in [0.15, 0.2) is 0 Å². The maximum absolute atomic E-state index is 12.1. The average molecular weight is 255 g/mol. The third-order valence-corrected chi connectivity index (χ3v) is 2.79. The third kappa shape index (κ3) is 3.85. The summed E-state index contributed by atoms with van der Waals surface area (Å²) in [5.41, 5.74) is -2.30. The van der Waals surface area contributed by atoms with Crippen molar-refractivity contribution in [3.8, 4) is 0 Å². The Bertz CT molecular complexity index is 304. The molecule has 1 aliphatic rings. The van der Waals surface area contributed by atoms with E-state index < -0.39 is 29.8 Å². The molecule has 0 spiro atoms. The second kappa shape index (κ2) is 4.45. The van der Waals surface area contributed by atoms with E-state index in [0.717, 1.165) is 0 Å². The lowest BCUT2D eigenvalue weighted by atomic mass is 9.81. The van der Waals surface area contributed by atoms with Crippen LogP contribution in [0.25, 0.3) is 0 Å². The van der Waals surface area contributed by atoms with Crippen LogP contribution < -0.4 is 5.32 Å². The second-order valence-corrected chi connectivity index (χ2v) is 4.89. The summed E-state index contributed by atoms with van der Waals surface area (Å²) >= 11 is 0. The van der Waals surface area contributed by atoms with Crippen molar-refractivity contribution in [3.63, 3.8) is 0 Å². The third-order valence-electron chi connectivity index (χ3n) is 2.79. The van der Waals surface area contributed by atoms with E-state index in [1.54, 1.807) is 13.8 Å². The van der Waals surface area contributed by atoms with Crippen LogP contribution in [0, 0.1) is 0 Å². The predicted octanol–water partition coefficient (Wildman–Crippen LogP) is 1.55. The van der Waals surface area contributed by atoms with E-state index in [0.29, 0.717) is 0 Å². The minimum absolute atomic E-state index is 0.00537. The molecule has 1 aliphatic heterocycles. The van der Waals surface area contributed by atoms with Gasteiger partial charge in [-0.2, -0.15) is 13.2 Å². The van der Waals surface area contributed by atoms with Gasteiger partial charge in [-0.05, 0) is 20.3 Å². The van der Waals surface area contributed by atoms with Crippen molar-refractivity contribution in [1.29, 1.82) is 0 Å². The van der Waals surface area contributed by atoms with Crippen LogP contribution in [0.1, 0.15) is 26.7 Å².